The minimum atomic E-state index is -5.08. The van der Waals surface area contributed by atoms with E-state index in [2.05, 4.69) is 15.2 Å². The van der Waals surface area contributed by atoms with Crippen LogP contribution in [0.5, 0.6) is 0 Å². The van der Waals surface area contributed by atoms with E-state index in [0.29, 0.717) is 12.2 Å². The van der Waals surface area contributed by atoms with Gasteiger partial charge in [-0.3, -0.25) is 9.78 Å². The number of hydrogen-bond acceptors (Lipinski definition) is 7. The van der Waals surface area contributed by atoms with Crippen molar-refractivity contribution < 1.29 is 32.6 Å². The van der Waals surface area contributed by atoms with Crippen molar-refractivity contribution >= 4 is 23.6 Å². The van der Waals surface area contributed by atoms with Crippen LogP contribution in [0.1, 0.15) is 28.2 Å². The molecule has 172 valence electrons. The number of carbonyl (C=O) groups excluding carboxylic acids is 1. The van der Waals surface area contributed by atoms with Gasteiger partial charge in [0.05, 0.1) is 41.1 Å². The highest BCUT2D eigenvalue weighted by Crippen LogP contribution is 2.46. The number of aryl methyl sites for hydroxylation is 1. The standard InChI is InChI=1S/C18H20N4O2S.C2HF3O2/c1-13-3-2-4-15(21-13)9-24-16-7-18(25-10-16)11-22(12-18)17(23)14-5-6-19-20-8-14;3-2(4,5)1(6)7/h2-6,8,16H,7,9-12H2,1H3;(H,6,7). The molecule has 12 heteroatoms. The number of hydrogen-bond donors (Lipinski definition) is 1. The van der Waals surface area contributed by atoms with Crippen molar-refractivity contribution in [1.29, 1.82) is 0 Å². The fourth-order valence-corrected chi connectivity index (χ4v) is 4.96. The lowest BCUT2D eigenvalue weighted by molar-refractivity contribution is -0.192. The van der Waals surface area contributed by atoms with Crippen LogP contribution in [-0.4, -0.2) is 72.9 Å². The highest BCUT2D eigenvalue weighted by Gasteiger charge is 2.51. The van der Waals surface area contributed by atoms with Crippen LogP contribution in [0, 0.1) is 6.92 Å². The Balaban J connectivity index is 0.000000360. The molecule has 2 aromatic heterocycles. The number of alkyl halides is 3. The van der Waals surface area contributed by atoms with Gasteiger partial charge in [0, 0.05) is 24.5 Å². The molecule has 4 heterocycles. The van der Waals surface area contributed by atoms with Crippen LogP contribution in [0.4, 0.5) is 13.2 Å². The number of aliphatic carboxylic acids is 1. The number of carboxylic acid groups (broad SMARTS) is 1. The zero-order valence-corrected chi connectivity index (χ0v) is 17.9. The largest absolute Gasteiger partial charge is 0.490 e. The summed E-state index contributed by atoms with van der Waals surface area (Å²) in [4.78, 5) is 27.7. The van der Waals surface area contributed by atoms with E-state index in [9.17, 15) is 18.0 Å². The maximum atomic E-state index is 12.4. The molecule has 0 saturated carbocycles. The molecule has 1 N–H and O–H groups in total. The van der Waals surface area contributed by atoms with E-state index in [1.807, 2.05) is 41.8 Å². The van der Waals surface area contributed by atoms with E-state index < -0.39 is 12.1 Å². The number of likely N-dealkylation sites (tertiary alicyclic amines) is 1. The Labute approximate surface area is 186 Å². The normalized spacial score (nSPS) is 19.1. The predicted octanol–water partition coefficient (Wildman–Crippen LogP) is 2.73. The van der Waals surface area contributed by atoms with Gasteiger partial charge in [0.15, 0.2) is 0 Å². The third kappa shape index (κ3) is 6.16. The van der Waals surface area contributed by atoms with Crippen molar-refractivity contribution in [2.45, 2.75) is 37.0 Å². The molecule has 2 aliphatic rings. The number of carboxylic acids is 1. The van der Waals surface area contributed by atoms with Crippen molar-refractivity contribution in [1.82, 2.24) is 20.1 Å². The molecule has 2 aromatic rings. The van der Waals surface area contributed by atoms with Gasteiger partial charge < -0.3 is 14.7 Å². The maximum Gasteiger partial charge on any atom is 0.490 e. The van der Waals surface area contributed by atoms with Crippen LogP contribution in [0.3, 0.4) is 0 Å². The molecule has 0 aliphatic carbocycles. The van der Waals surface area contributed by atoms with E-state index in [-0.39, 0.29) is 16.8 Å². The van der Waals surface area contributed by atoms with Gasteiger partial charge in [0.2, 0.25) is 0 Å². The lowest BCUT2D eigenvalue weighted by atomic mass is 9.92. The number of ether oxygens (including phenoxy) is 1. The topological polar surface area (TPSA) is 106 Å². The molecule has 0 radical (unpaired) electrons. The smallest absolute Gasteiger partial charge is 0.475 e. The van der Waals surface area contributed by atoms with E-state index >= 15 is 0 Å². The quantitative estimate of drug-likeness (QED) is 0.727. The van der Waals surface area contributed by atoms with Crippen LogP contribution in [0.25, 0.3) is 0 Å². The molecule has 8 nitrogen and oxygen atoms in total. The summed E-state index contributed by atoms with van der Waals surface area (Å²) < 4.78 is 37.9. The Bertz CT molecular complexity index is 955. The van der Waals surface area contributed by atoms with Gasteiger partial charge in [0.1, 0.15) is 0 Å². The van der Waals surface area contributed by atoms with Crippen LogP contribution >= 0.6 is 11.8 Å². The number of halogens is 3. The lowest BCUT2D eigenvalue weighted by Gasteiger charge is -2.47. The van der Waals surface area contributed by atoms with Gasteiger partial charge in [-0.05, 0) is 31.5 Å². The average molecular weight is 470 g/mol. The summed E-state index contributed by atoms with van der Waals surface area (Å²) in [6.07, 6.45) is -0.791. The number of carbonyl (C=O) groups is 2. The number of aromatic nitrogens is 3. The summed E-state index contributed by atoms with van der Waals surface area (Å²) in [6, 6.07) is 7.71. The maximum absolute atomic E-state index is 12.4. The third-order valence-corrected chi connectivity index (χ3v) is 6.48. The Morgan fingerprint density at radius 3 is 2.59 bits per heavy atom. The number of thioether (sulfide) groups is 1. The Morgan fingerprint density at radius 1 is 1.28 bits per heavy atom. The average Bonchev–Trinajstić information content (AvgIpc) is 3.16. The van der Waals surface area contributed by atoms with Crippen LogP contribution in [0.2, 0.25) is 0 Å². The molecule has 2 saturated heterocycles. The zero-order chi connectivity index (χ0) is 23.4. The molecule has 2 fully saturated rings. The fraction of sp³-hybridized carbons (Fsp3) is 0.450. The molecule has 4 rings (SSSR count). The molecule has 0 bridgehead atoms. The van der Waals surface area contributed by atoms with Gasteiger partial charge in [-0.2, -0.15) is 23.4 Å². The summed E-state index contributed by atoms with van der Waals surface area (Å²) >= 11 is 1.93. The molecular weight excluding hydrogens is 449 g/mol. The Morgan fingerprint density at radius 2 is 2.00 bits per heavy atom. The first-order valence-electron chi connectivity index (χ1n) is 9.62. The number of rotatable bonds is 4. The Hall–Kier alpha value is -2.73. The first kappa shape index (κ1) is 23.9. The van der Waals surface area contributed by atoms with Crippen molar-refractivity contribution in [3.63, 3.8) is 0 Å². The second kappa shape index (κ2) is 9.82. The minimum absolute atomic E-state index is 0.0365. The monoisotopic (exact) mass is 470 g/mol. The zero-order valence-electron chi connectivity index (χ0n) is 17.1. The lowest BCUT2D eigenvalue weighted by Crippen LogP contribution is -2.60. The Kier molecular flexibility index (Phi) is 7.34. The van der Waals surface area contributed by atoms with Crippen LogP contribution < -0.4 is 0 Å². The second-order valence-corrected chi connectivity index (χ2v) is 8.98. The van der Waals surface area contributed by atoms with Gasteiger partial charge in [-0.25, -0.2) is 4.79 Å². The summed E-state index contributed by atoms with van der Waals surface area (Å²) in [7, 11) is 0. The summed E-state index contributed by atoms with van der Waals surface area (Å²) in [5.41, 5.74) is 2.59. The highest BCUT2D eigenvalue weighted by atomic mass is 32.2. The first-order chi connectivity index (χ1) is 15.1. The summed E-state index contributed by atoms with van der Waals surface area (Å²) in [6.45, 7) is 4.10. The molecular formula is C20H21F3N4O4S. The summed E-state index contributed by atoms with van der Waals surface area (Å²) in [5.74, 6) is -1.74. The van der Waals surface area contributed by atoms with E-state index in [1.54, 1.807) is 12.3 Å². The van der Waals surface area contributed by atoms with Crippen LogP contribution in [0.15, 0.2) is 36.7 Å². The highest BCUT2D eigenvalue weighted by molar-refractivity contribution is 8.01. The van der Waals surface area contributed by atoms with Crippen LogP contribution in [-0.2, 0) is 16.1 Å². The predicted molar refractivity (Wildman–Crippen MR) is 109 cm³/mol. The van der Waals surface area contributed by atoms with E-state index in [4.69, 9.17) is 14.6 Å². The second-order valence-electron chi connectivity index (χ2n) is 7.50. The van der Waals surface area contributed by atoms with E-state index in [1.165, 1.54) is 6.20 Å². The molecule has 0 aromatic carbocycles. The van der Waals surface area contributed by atoms with Crippen molar-refractivity contribution in [3.8, 4) is 0 Å². The van der Waals surface area contributed by atoms with Gasteiger partial charge in [-0.1, -0.05) is 6.07 Å². The fourth-order valence-electron chi connectivity index (χ4n) is 3.41. The van der Waals surface area contributed by atoms with Gasteiger partial charge >= 0.3 is 12.1 Å². The molecule has 2 aliphatic heterocycles. The number of pyridine rings is 1. The first-order valence-corrected chi connectivity index (χ1v) is 10.6. The molecule has 1 unspecified atom stereocenters. The molecule has 1 amide bonds. The third-order valence-electron chi connectivity index (χ3n) is 4.91. The van der Waals surface area contributed by atoms with E-state index in [0.717, 1.165) is 36.7 Å². The van der Waals surface area contributed by atoms with Crippen molar-refractivity contribution in [2.24, 2.45) is 0 Å². The van der Waals surface area contributed by atoms with Crippen molar-refractivity contribution in [2.75, 3.05) is 18.8 Å². The van der Waals surface area contributed by atoms with Gasteiger partial charge in [-0.15, -0.1) is 11.8 Å². The van der Waals surface area contributed by atoms with Gasteiger partial charge in [0.25, 0.3) is 5.91 Å². The number of nitrogens with zero attached hydrogens (tertiary/aromatic N) is 4. The molecule has 1 spiro atoms. The summed E-state index contributed by atoms with van der Waals surface area (Å²) in [5, 5.41) is 14.6. The molecule has 32 heavy (non-hydrogen) atoms. The molecule has 1 atom stereocenters. The minimum Gasteiger partial charge on any atom is -0.475 e. The van der Waals surface area contributed by atoms with Crippen molar-refractivity contribution in [3.05, 3.63) is 53.6 Å². The number of amides is 1. The SMILES string of the molecule is Cc1cccc(COC2CSC3(C2)CN(C(=O)c2ccnnc2)C3)n1.O=C(O)C(F)(F)F.